The Kier molecular flexibility index (Phi) is 2.85. The summed E-state index contributed by atoms with van der Waals surface area (Å²) < 4.78 is 5.04. The maximum atomic E-state index is 5.04. The van der Waals surface area contributed by atoms with Crippen molar-refractivity contribution < 1.29 is 3.07 Å². The molecule has 0 aromatic heterocycles. The van der Waals surface area contributed by atoms with E-state index in [9.17, 15) is 0 Å². The lowest BCUT2D eigenvalue weighted by molar-refractivity contribution is 0.708. The lowest BCUT2D eigenvalue weighted by Crippen LogP contribution is -1.79. The minimum absolute atomic E-state index is 0.901. The monoisotopic (exact) mass is 266 g/mol. The van der Waals surface area contributed by atoms with Crippen LogP contribution in [-0.2, 0) is 0 Å². The minimum atomic E-state index is 0.901. The summed E-state index contributed by atoms with van der Waals surface area (Å²) in [5, 5.41) is 0. The number of aryl methyl sites for hydroxylation is 1. The molecule has 1 aromatic carbocycles. The summed E-state index contributed by atoms with van der Waals surface area (Å²) in [6.45, 7) is 1.99. The first kappa shape index (κ1) is 8.20. The van der Waals surface area contributed by atoms with Crippen LogP contribution in [0.25, 0.3) is 0 Å². The Hall–Kier alpha value is 0.1000. The van der Waals surface area contributed by atoms with E-state index in [2.05, 4.69) is 12.6 Å². The van der Waals surface area contributed by atoms with Gasteiger partial charge in [-0.3, -0.25) is 0 Å². The molecule has 0 unspecified atom stereocenters. The van der Waals surface area contributed by atoms with Gasteiger partial charge in [0.05, 0.1) is 0 Å². The largest absolute Gasteiger partial charge is 0.427 e. The third-order valence-electron chi connectivity index (χ3n) is 1.24. The Balaban J connectivity index is 3.07. The maximum Gasteiger partial charge on any atom is 0.192 e. The van der Waals surface area contributed by atoms with E-state index in [-0.39, 0.29) is 0 Å². The second-order valence-corrected chi connectivity index (χ2v) is 2.98. The van der Waals surface area contributed by atoms with Crippen molar-refractivity contribution in [1.82, 2.24) is 0 Å². The highest BCUT2D eigenvalue weighted by Crippen LogP contribution is 2.21. The summed E-state index contributed by atoms with van der Waals surface area (Å²) in [5.41, 5.74) is 1.11. The van der Waals surface area contributed by atoms with Gasteiger partial charge in [0.25, 0.3) is 0 Å². The number of rotatable bonds is 1. The number of thiol groups is 1. The summed E-state index contributed by atoms with van der Waals surface area (Å²) in [6.07, 6.45) is 0. The molecule has 0 aliphatic carbocycles. The van der Waals surface area contributed by atoms with Crippen molar-refractivity contribution in [2.75, 3.05) is 0 Å². The fourth-order valence-electron chi connectivity index (χ4n) is 0.720. The van der Waals surface area contributed by atoms with E-state index >= 15 is 0 Å². The van der Waals surface area contributed by atoms with E-state index in [1.807, 2.05) is 48.1 Å². The lowest BCUT2D eigenvalue weighted by atomic mass is 10.2. The van der Waals surface area contributed by atoms with Crippen molar-refractivity contribution >= 4 is 35.6 Å². The quantitative estimate of drug-likeness (QED) is 0.607. The van der Waals surface area contributed by atoms with E-state index in [1.54, 1.807) is 0 Å². The van der Waals surface area contributed by atoms with Gasteiger partial charge in [0.2, 0.25) is 0 Å². The molecule has 54 valence electrons. The standard InChI is InChI=1S/C7H7IOS/c1-5-4-6(10)2-3-7(5)9-8/h2-4,10H,1H3. The van der Waals surface area contributed by atoms with Gasteiger partial charge in [-0.15, -0.1) is 12.6 Å². The summed E-state index contributed by atoms with van der Waals surface area (Å²) in [6, 6.07) is 5.78. The molecule has 0 atom stereocenters. The average molecular weight is 266 g/mol. The van der Waals surface area contributed by atoms with Crippen LogP contribution in [0.3, 0.4) is 0 Å². The molecular formula is C7H7IOS. The molecule has 0 heterocycles. The number of benzene rings is 1. The Morgan fingerprint density at radius 2 is 2.20 bits per heavy atom. The molecule has 10 heavy (non-hydrogen) atoms. The molecule has 0 radical (unpaired) electrons. The van der Waals surface area contributed by atoms with E-state index < -0.39 is 0 Å². The Bertz CT molecular complexity index is 237. The highest BCUT2D eigenvalue weighted by molar-refractivity contribution is 14.1. The lowest BCUT2D eigenvalue weighted by Gasteiger charge is -2.00. The molecule has 3 heteroatoms. The van der Waals surface area contributed by atoms with Crippen LogP contribution in [0.2, 0.25) is 0 Å². The van der Waals surface area contributed by atoms with Gasteiger partial charge in [-0.1, -0.05) is 0 Å². The molecule has 0 saturated carbocycles. The second kappa shape index (κ2) is 3.48. The maximum absolute atomic E-state index is 5.04. The molecule has 0 amide bonds. The van der Waals surface area contributed by atoms with Crippen LogP contribution in [0.1, 0.15) is 5.56 Å². The predicted octanol–water partition coefficient (Wildman–Crippen LogP) is 3.01. The Morgan fingerprint density at radius 1 is 1.50 bits per heavy atom. The van der Waals surface area contributed by atoms with Gasteiger partial charge in [0.1, 0.15) is 5.75 Å². The molecule has 0 saturated heterocycles. The fourth-order valence-corrected chi connectivity index (χ4v) is 1.48. The molecule has 0 N–H and O–H groups in total. The van der Waals surface area contributed by atoms with Crippen molar-refractivity contribution in [3.63, 3.8) is 0 Å². The first-order valence-electron chi connectivity index (χ1n) is 2.82. The van der Waals surface area contributed by atoms with Crippen molar-refractivity contribution in [1.29, 1.82) is 0 Å². The Morgan fingerprint density at radius 3 is 2.70 bits per heavy atom. The molecule has 0 bridgehead atoms. The number of hydrogen-bond donors (Lipinski definition) is 1. The van der Waals surface area contributed by atoms with Gasteiger partial charge in [0.15, 0.2) is 23.0 Å². The van der Waals surface area contributed by atoms with Crippen LogP contribution in [-0.4, -0.2) is 0 Å². The van der Waals surface area contributed by atoms with Gasteiger partial charge in [0, 0.05) is 4.90 Å². The number of hydrogen-bond acceptors (Lipinski definition) is 2. The van der Waals surface area contributed by atoms with Crippen LogP contribution in [0.15, 0.2) is 23.1 Å². The van der Waals surface area contributed by atoms with Crippen LogP contribution >= 0.6 is 35.6 Å². The highest BCUT2D eigenvalue weighted by atomic mass is 127. The van der Waals surface area contributed by atoms with Crippen LogP contribution in [0.5, 0.6) is 5.75 Å². The summed E-state index contributed by atoms with van der Waals surface area (Å²) in [4.78, 5) is 0.967. The molecule has 0 aliphatic heterocycles. The molecule has 1 rings (SSSR count). The first-order chi connectivity index (χ1) is 4.74. The van der Waals surface area contributed by atoms with Crippen molar-refractivity contribution in [2.24, 2.45) is 0 Å². The number of halogens is 1. The molecule has 1 aromatic rings. The van der Waals surface area contributed by atoms with E-state index in [4.69, 9.17) is 3.07 Å². The van der Waals surface area contributed by atoms with Crippen LogP contribution in [0.4, 0.5) is 0 Å². The van der Waals surface area contributed by atoms with Crippen molar-refractivity contribution in [3.05, 3.63) is 23.8 Å². The summed E-state index contributed by atoms with van der Waals surface area (Å²) in [7, 11) is 0. The molecule has 0 spiro atoms. The van der Waals surface area contributed by atoms with E-state index in [0.29, 0.717) is 0 Å². The SMILES string of the molecule is Cc1cc(S)ccc1OI. The highest BCUT2D eigenvalue weighted by Gasteiger charge is 1.96. The molecule has 0 fully saturated rings. The van der Waals surface area contributed by atoms with E-state index in [1.165, 1.54) is 0 Å². The van der Waals surface area contributed by atoms with Crippen molar-refractivity contribution in [3.8, 4) is 5.75 Å². The predicted molar refractivity (Wildman–Crippen MR) is 53.1 cm³/mol. The smallest absolute Gasteiger partial charge is 0.192 e. The third-order valence-corrected chi connectivity index (χ3v) is 1.99. The third kappa shape index (κ3) is 1.79. The van der Waals surface area contributed by atoms with E-state index in [0.717, 1.165) is 16.2 Å². The molecular weight excluding hydrogens is 259 g/mol. The summed E-state index contributed by atoms with van der Waals surface area (Å²) >= 11 is 6.05. The zero-order chi connectivity index (χ0) is 7.56. The van der Waals surface area contributed by atoms with Gasteiger partial charge in [-0.25, -0.2) is 0 Å². The second-order valence-electron chi connectivity index (χ2n) is 2.03. The normalized spacial score (nSPS) is 9.50. The molecule has 1 nitrogen and oxygen atoms in total. The van der Waals surface area contributed by atoms with Crippen molar-refractivity contribution in [2.45, 2.75) is 11.8 Å². The minimum Gasteiger partial charge on any atom is -0.427 e. The topological polar surface area (TPSA) is 9.23 Å². The van der Waals surface area contributed by atoms with Crippen LogP contribution < -0.4 is 3.07 Å². The summed E-state index contributed by atoms with van der Waals surface area (Å²) in [5.74, 6) is 0.901. The van der Waals surface area contributed by atoms with Gasteiger partial charge in [-0.2, -0.15) is 0 Å². The molecule has 0 aliphatic rings. The fraction of sp³-hybridized carbons (Fsp3) is 0.143. The van der Waals surface area contributed by atoms with Gasteiger partial charge < -0.3 is 3.07 Å². The van der Waals surface area contributed by atoms with Crippen LogP contribution in [0, 0.1) is 6.92 Å². The van der Waals surface area contributed by atoms with Gasteiger partial charge in [-0.05, 0) is 30.7 Å². The first-order valence-corrected chi connectivity index (χ1v) is 4.15. The van der Waals surface area contributed by atoms with Gasteiger partial charge >= 0.3 is 0 Å². The zero-order valence-corrected chi connectivity index (χ0v) is 8.52. The average Bonchev–Trinajstić information content (AvgIpc) is 1.88. The zero-order valence-electron chi connectivity index (χ0n) is 5.47. The Labute approximate surface area is 79.9 Å².